The van der Waals surface area contributed by atoms with Crippen molar-refractivity contribution in [2.75, 3.05) is 17.1 Å². The molecule has 0 aromatic heterocycles. The fourth-order valence-corrected chi connectivity index (χ4v) is 4.33. The van der Waals surface area contributed by atoms with Crippen LogP contribution in [0, 0.1) is 20.8 Å². The highest BCUT2D eigenvalue weighted by atomic mass is 32.2. The molecular formula is C22H30N2O3S. The lowest BCUT2D eigenvalue weighted by molar-refractivity contribution is -0.121. The largest absolute Gasteiger partial charge is 0.350 e. The van der Waals surface area contributed by atoms with Gasteiger partial charge in [-0.05, 0) is 62.4 Å². The fourth-order valence-electron chi connectivity index (χ4n) is 3.32. The Morgan fingerprint density at radius 3 is 2.32 bits per heavy atom. The Balaban J connectivity index is 2.00. The van der Waals surface area contributed by atoms with Gasteiger partial charge in [0.25, 0.3) is 0 Å². The van der Waals surface area contributed by atoms with E-state index in [1.54, 1.807) is 0 Å². The Bertz CT molecular complexity index is 939. The van der Waals surface area contributed by atoms with Crippen LogP contribution in [0.25, 0.3) is 0 Å². The molecule has 152 valence electrons. The summed E-state index contributed by atoms with van der Waals surface area (Å²) >= 11 is 0. The van der Waals surface area contributed by atoms with Gasteiger partial charge in [-0.15, -0.1) is 0 Å². The second-order valence-corrected chi connectivity index (χ2v) is 9.21. The van der Waals surface area contributed by atoms with E-state index in [2.05, 4.69) is 5.32 Å². The number of anilines is 1. The fraction of sp³-hybridized carbons (Fsp3) is 0.409. The van der Waals surface area contributed by atoms with Crippen LogP contribution in [0.15, 0.2) is 42.5 Å². The summed E-state index contributed by atoms with van der Waals surface area (Å²) in [7, 11) is -3.43. The van der Waals surface area contributed by atoms with Crippen molar-refractivity contribution in [2.24, 2.45) is 0 Å². The Kier molecular flexibility index (Phi) is 7.24. The monoisotopic (exact) mass is 402 g/mol. The number of hydrogen-bond donors (Lipinski definition) is 1. The van der Waals surface area contributed by atoms with Gasteiger partial charge in [-0.25, -0.2) is 8.42 Å². The predicted molar refractivity (Wildman–Crippen MR) is 115 cm³/mol. The minimum Gasteiger partial charge on any atom is -0.350 e. The third-order valence-corrected chi connectivity index (χ3v) is 6.22. The van der Waals surface area contributed by atoms with E-state index in [0.717, 1.165) is 22.3 Å². The van der Waals surface area contributed by atoms with E-state index >= 15 is 0 Å². The second-order valence-electron chi connectivity index (χ2n) is 7.30. The minimum absolute atomic E-state index is 0.0785. The molecule has 0 bridgehead atoms. The first-order valence-corrected chi connectivity index (χ1v) is 11.3. The molecule has 1 atom stereocenters. The molecule has 0 aliphatic rings. The van der Waals surface area contributed by atoms with Crippen LogP contribution in [0.4, 0.5) is 5.69 Å². The molecule has 2 rings (SSSR count). The van der Waals surface area contributed by atoms with E-state index in [9.17, 15) is 13.2 Å². The molecule has 0 saturated heterocycles. The molecule has 28 heavy (non-hydrogen) atoms. The molecule has 0 unspecified atom stereocenters. The summed E-state index contributed by atoms with van der Waals surface area (Å²) in [6.45, 7) is 8.12. The zero-order valence-corrected chi connectivity index (χ0v) is 18.1. The molecule has 0 aliphatic heterocycles. The third-order valence-electron chi connectivity index (χ3n) is 5.04. The van der Waals surface area contributed by atoms with E-state index in [-0.39, 0.29) is 24.9 Å². The zero-order valence-electron chi connectivity index (χ0n) is 17.3. The van der Waals surface area contributed by atoms with Crippen molar-refractivity contribution in [1.29, 1.82) is 0 Å². The van der Waals surface area contributed by atoms with Gasteiger partial charge in [-0.2, -0.15) is 0 Å². The third kappa shape index (κ3) is 5.58. The molecule has 0 heterocycles. The van der Waals surface area contributed by atoms with Crippen LogP contribution in [0.5, 0.6) is 0 Å². The lowest BCUT2D eigenvalue weighted by Crippen LogP contribution is -2.33. The van der Waals surface area contributed by atoms with Gasteiger partial charge < -0.3 is 5.32 Å². The number of carbonyl (C=O) groups is 1. The Hall–Kier alpha value is -2.34. The van der Waals surface area contributed by atoms with Gasteiger partial charge in [0, 0.05) is 13.0 Å². The van der Waals surface area contributed by atoms with Gasteiger partial charge in [0.15, 0.2) is 0 Å². The first-order valence-electron chi connectivity index (χ1n) is 9.50. The molecule has 1 N–H and O–H groups in total. The summed E-state index contributed by atoms with van der Waals surface area (Å²) in [6.07, 6.45) is 1.93. The molecule has 0 radical (unpaired) electrons. The highest BCUT2D eigenvalue weighted by Gasteiger charge is 2.20. The molecule has 0 saturated carbocycles. The van der Waals surface area contributed by atoms with E-state index < -0.39 is 10.0 Å². The van der Waals surface area contributed by atoms with Crippen molar-refractivity contribution in [3.8, 4) is 0 Å². The average Bonchev–Trinajstić information content (AvgIpc) is 2.61. The van der Waals surface area contributed by atoms with Crippen molar-refractivity contribution < 1.29 is 13.2 Å². The molecule has 6 heteroatoms. The number of benzene rings is 2. The van der Waals surface area contributed by atoms with Crippen molar-refractivity contribution in [1.82, 2.24) is 5.32 Å². The van der Waals surface area contributed by atoms with Crippen LogP contribution < -0.4 is 9.62 Å². The van der Waals surface area contributed by atoms with Gasteiger partial charge in [-0.1, -0.05) is 36.4 Å². The number of rotatable bonds is 8. The normalized spacial score (nSPS) is 12.5. The number of nitrogens with zero attached hydrogens (tertiary/aromatic N) is 1. The molecule has 5 nitrogen and oxygen atoms in total. The quantitative estimate of drug-likeness (QED) is 0.725. The number of aryl methyl sites for hydroxylation is 2. The predicted octanol–water partition coefficient (Wildman–Crippen LogP) is 4.04. The van der Waals surface area contributed by atoms with Crippen molar-refractivity contribution in [3.63, 3.8) is 0 Å². The second kappa shape index (κ2) is 9.24. The molecule has 0 fully saturated rings. The standard InChI is InChI=1S/C22H30N2O3S/c1-16-11-8-13-21(18(16)3)24(28(5,26)27)15-9-14-22(25)23-19(4)20-12-7-6-10-17(20)2/h6-8,10-13,19H,9,14-15H2,1-5H3,(H,23,25)/t19-/m0/s1. The highest BCUT2D eigenvalue weighted by Crippen LogP contribution is 2.25. The molecule has 1 amide bonds. The smallest absolute Gasteiger partial charge is 0.232 e. The summed E-state index contributed by atoms with van der Waals surface area (Å²) in [5, 5.41) is 3.00. The van der Waals surface area contributed by atoms with E-state index in [0.29, 0.717) is 12.1 Å². The summed E-state index contributed by atoms with van der Waals surface area (Å²) in [5.74, 6) is -0.0785. The number of nitrogens with one attached hydrogen (secondary N) is 1. The number of sulfonamides is 1. The van der Waals surface area contributed by atoms with Crippen molar-refractivity contribution in [2.45, 2.75) is 46.6 Å². The topological polar surface area (TPSA) is 66.5 Å². The maximum atomic E-state index is 12.3. The Morgan fingerprint density at radius 1 is 1.04 bits per heavy atom. The molecule has 0 spiro atoms. The molecular weight excluding hydrogens is 372 g/mol. The number of carbonyl (C=O) groups excluding carboxylic acids is 1. The van der Waals surface area contributed by atoms with Crippen LogP contribution in [-0.2, 0) is 14.8 Å². The Labute approximate surface area is 168 Å². The van der Waals surface area contributed by atoms with E-state index in [1.807, 2.05) is 70.2 Å². The van der Waals surface area contributed by atoms with Gasteiger partial charge in [0.05, 0.1) is 18.0 Å². The van der Waals surface area contributed by atoms with Crippen LogP contribution >= 0.6 is 0 Å². The summed E-state index contributed by atoms with van der Waals surface area (Å²) < 4.78 is 26.0. The first-order chi connectivity index (χ1) is 13.1. The lowest BCUT2D eigenvalue weighted by atomic mass is 10.0. The maximum absolute atomic E-state index is 12.3. The maximum Gasteiger partial charge on any atom is 0.232 e. The summed E-state index contributed by atoms with van der Waals surface area (Å²) in [4.78, 5) is 12.3. The van der Waals surface area contributed by atoms with Crippen LogP contribution in [0.2, 0.25) is 0 Å². The molecule has 2 aromatic carbocycles. The van der Waals surface area contributed by atoms with Gasteiger partial charge in [0.2, 0.25) is 15.9 Å². The molecule has 0 aliphatic carbocycles. The summed E-state index contributed by atoms with van der Waals surface area (Å²) in [5.41, 5.74) is 4.87. The van der Waals surface area contributed by atoms with Crippen LogP contribution in [0.3, 0.4) is 0 Å². The highest BCUT2D eigenvalue weighted by molar-refractivity contribution is 7.92. The van der Waals surface area contributed by atoms with Crippen molar-refractivity contribution >= 4 is 21.6 Å². The SMILES string of the molecule is Cc1ccccc1[C@H](C)NC(=O)CCCN(c1cccc(C)c1C)S(C)(=O)=O. The van der Waals surface area contributed by atoms with Gasteiger partial charge in [-0.3, -0.25) is 9.10 Å². The zero-order chi connectivity index (χ0) is 20.9. The van der Waals surface area contributed by atoms with E-state index in [1.165, 1.54) is 10.6 Å². The van der Waals surface area contributed by atoms with Gasteiger partial charge >= 0.3 is 0 Å². The van der Waals surface area contributed by atoms with Crippen LogP contribution in [0.1, 0.15) is 48.1 Å². The average molecular weight is 403 g/mol. The number of amides is 1. The van der Waals surface area contributed by atoms with Gasteiger partial charge in [0.1, 0.15) is 0 Å². The summed E-state index contributed by atoms with van der Waals surface area (Å²) in [6, 6.07) is 13.5. The first kappa shape index (κ1) is 22.0. The minimum atomic E-state index is -3.43. The molecule has 2 aromatic rings. The number of hydrogen-bond acceptors (Lipinski definition) is 3. The van der Waals surface area contributed by atoms with Crippen molar-refractivity contribution in [3.05, 3.63) is 64.7 Å². The van der Waals surface area contributed by atoms with Crippen LogP contribution in [-0.4, -0.2) is 27.1 Å². The lowest BCUT2D eigenvalue weighted by Gasteiger charge is -2.25. The Morgan fingerprint density at radius 2 is 1.68 bits per heavy atom. The van der Waals surface area contributed by atoms with E-state index in [4.69, 9.17) is 0 Å².